The van der Waals surface area contributed by atoms with Gasteiger partial charge in [-0.25, -0.2) is 0 Å². The first-order chi connectivity index (χ1) is 7.61. The molecule has 2 fully saturated rings. The van der Waals surface area contributed by atoms with Crippen LogP contribution in [0.4, 0.5) is 0 Å². The van der Waals surface area contributed by atoms with Crippen LogP contribution in [0.5, 0.6) is 0 Å². The van der Waals surface area contributed by atoms with Gasteiger partial charge in [0.25, 0.3) is 0 Å². The van der Waals surface area contributed by atoms with Crippen LogP contribution >= 0.6 is 0 Å². The molecule has 8 heteroatoms. The van der Waals surface area contributed by atoms with Gasteiger partial charge in [0.1, 0.15) is 12.1 Å². The van der Waals surface area contributed by atoms with E-state index in [1.54, 1.807) is 0 Å². The Morgan fingerprint density at radius 1 is 0.889 bits per heavy atom. The van der Waals surface area contributed by atoms with Crippen molar-refractivity contribution in [1.29, 1.82) is 0 Å². The molecule has 0 aromatic heterocycles. The predicted molar refractivity (Wildman–Crippen MR) is 49.6 cm³/mol. The number of aliphatic carboxylic acids is 2. The molecule has 18 heavy (non-hydrogen) atoms. The molecule has 2 aliphatic heterocycles. The van der Waals surface area contributed by atoms with Crippen LogP contribution in [-0.4, -0.2) is 37.1 Å². The number of nitrogens with two attached hydrogens (primary N) is 2. The van der Waals surface area contributed by atoms with E-state index in [-0.39, 0.29) is 47.9 Å². The van der Waals surface area contributed by atoms with Crippen LogP contribution in [0.2, 0.25) is 0 Å². The summed E-state index contributed by atoms with van der Waals surface area (Å²) in [5, 5.41) is 23.7. The second kappa shape index (κ2) is 10.8. The van der Waals surface area contributed by atoms with Gasteiger partial charge in [0, 0.05) is 25.7 Å². The van der Waals surface area contributed by atoms with Crippen molar-refractivity contribution >= 4 is 11.9 Å². The molecule has 2 aliphatic rings. The first kappa shape index (κ1) is 20.3. The molecule has 0 spiro atoms. The van der Waals surface area contributed by atoms with Crippen LogP contribution in [-0.2, 0) is 9.59 Å². The molecule has 0 aliphatic carbocycles. The maximum absolute atomic E-state index is 10.1. The van der Waals surface area contributed by atoms with Crippen molar-refractivity contribution < 1.29 is 66.3 Å². The Labute approximate surface area is 129 Å². The van der Waals surface area contributed by atoms with Gasteiger partial charge < -0.3 is 47.4 Å². The van der Waals surface area contributed by atoms with Gasteiger partial charge >= 0.3 is 18.9 Å². The molecular weight excluding hydrogens is 299 g/mol. The number of hydrogen-bond acceptors (Lipinski definition) is 4. The number of carbonyl (C=O) groups excluding carboxylic acids is 2. The molecule has 0 saturated carbocycles. The molecule has 0 amide bonds. The quantitative estimate of drug-likeness (QED) is 0.492. The van der Waals surface area contributed by atoms with Crippen molar-refractivity contribution in [2.45, 2.75) is 37.8 Å². The van der Waals surface area contributed by atoms with Crippen molar-refractivity contribution in [2.75, 3.05) is 13.1 Å². The number of carbonyl (C=O) groups is 2. The summed E-state index contributed by atoms with van der Waals surface area (Å²) in [7, 11) is 0. The summed E-state index contributed by atoms with van der Waals surface area (Å²) in [4.78, 5) is 20.1. The summed E-state index contributed by atoms with van der Waals surface area (Å²) in [6.45, 7) is 1.89. The smallest absolute Gasteiger partial charge is 1.00 e. The summed E-state index contributed by atoms with van der Waals surface area (Å²) < 4.78 is 0. The Balaban J connectivity index is 0. The fraction of sp³-hybridized carbons (Fsp3) is 0.800. The van der Waals surface area contributed by atoms with Gasteiger partial charge in [0.2, 0.25) is 0 Å². The van der Waals surface area contributed by atoms with Crippen LogP contribution in [0.15, 0.2) is 0 Å². The standard InChI is InChI=1S/2C5H9NO2.BrH.Li/c2*7-5(8)4-2-1-3-6-4;;/h2*4,6H,1-3H2,(H,7,8);1H;/q;;;+1/p-1/t2*4-;;/m00../s1. The molecule has 0 radical (unpaired) electrons. The third-order valence-corrected chi connectivity index (χ3v) is 2.95. The third kappa shape index (κ3) is 7.39. The van der Waals surface area contributed by atoms with E-state index >= 15 is 0 Å². The largest absolute Gasteiger partial charge is 1.00 e. The van der Waals surface area contributed by atoms with E-state index in [1.165, 1.54) is 0 Å². The van der Waals surface area contributed by atoms with Crippen molar-refractivity contribution in [1.82, 2.24) is 0 Å². The van der Waals surface area contributed by atoms with E-state index in [9.17, 15) is 19.8 Å². The summed E-state index contributed by atoms with van der Waals surface area (Å²) in [5.41, 5.74) is 0. The fourth-order valence-electron chi connectivity index (χ4n) is 1.98. The number of carboxylic acids is 2. The van der Waals surface area contributed by atoms with Crippen LogP contribution in [0.1, 0.15) is 25.7 Å². The number of halogens is 1. The summed E-state index contributed by atoms with van der Waals surface area (Å²) in [6, 6.07) is -0.509. The molecule has 100 valence electrons. The molecule has 2 atom stereocenters. The minimum atomic E-state index is -0.914. The van der Waals surface area contributed by atoms with E-state index in [0.29, 0.717) is 0 Å². The average Bonchev–Trinajstić information content (AvgIpc) is 2.93. The van der Waals surface area contributed by atoms with Crippen LogP contribution < -0.4 is 56.7 Å². The van der Waals surface area contributed by atoms with Crippen LogP contribution in [0.3, 0.4) is 0 Å². The molecule has 0 aromatic carbocycles. The molecule has 0 aromatic rings. The molecule has 2 heterocycles. The summed E-state index contributed by atoms with van der Waals surface area (Å²) in [6.07, 6.45) is 3.59. The molecule has 6 nitrogen and oxygen atoms in total. The Morgan fingerprint density at radius 3 is 1.33 bits per heavy atom. The second-order valence-electron chi connectivity index (χ2n) is 4.18. The molecule has 2 rings (SSSR count). The first-order valence-electron chi connectivity index (χ1n) is 5.69. The van der Waals surface area contributed by atoms with Crippen molar-refractivity contribution in [3.05, 3.63) is 0 Å². The van der Waals surface area contributed by atoms with Crippen molar-refractivity contribution in [3.8, 4) is 0 Å². The Hall–Kier alpha value is -0.0626. The SMILES string of the molecule is O=C([O-])[C@@H]1CCC[NH2+]1.O=C([O-])[C@@H]1CCC[NH2+]1.[Br-].[Li+]. The zero-order valence-corrected chi connectivity index (χ0v) is 12.1. The first-order valence-corrected chi connectivity index (χ1v) is 5.69. The normalized spacial score (nSPS) is 25.1. The predicted octanol–water partition coefficient (Wildman–Crippen LogP) is -11.1. The van der Waals surface area contributed by atoms with Gasteiger partial charge in [-0.3, -0.25) is 0 Å². The van der Waals surface area contributed by atoms with Gasteiger partial charge in [-0.2, -0.15) is 0 Å². The Bertz CT molecular complexity index is 230. The average molecular weight is 317 g/mol. The second-order valence-corrected chi connectivity index (χ2v) is 4.18. The monoisotopic (exact) mass is 316 g/mol. The summed E-state index contributed by atoms with van der Waals surface area (Å²) >= 11 is 0. The van der Waals surface area contributed by atoms with Crippen molar-refractivity contribution in [2.24, 2.45) is 0 Å². The molecular formula is C10H18BrLiN2O4. The number of rotatable bonds is 2. The van der Waals surface area contributed by atoms with E-state index < -0.39 is 11.9 Å². The van der Waals surface area contributed by atoms with Gasteiger partial charge in [0.15, 0.2) is 0 Å². The van der Waals surface area contributed by atoms with Gasteiger partial charge in [-0.1, -0.05) is 0 Å². The topological polar surface area (TPSA) is 113 Å². The van der Waals surface area contributed by atoms with Crippen LogP contribution in [0.25, 0.3) is 0 Å². The number of quaternary nitrogens is 2. The number of hydrogen-bond donors (Lipinski definition) is 2. The zero-order chi connectivity index (χ0) is 12.0. The maximum Gasteiger partial charge on any atom is 1.00 e. The van der Waals surface area contributed by atoms with E-state index in [1.807, 2.05) is 10.6 Å². The van der Waals surface area contributed by atoms with Gasteiger partial charge in [-0.15, -0.1) is 0 Å². The Morgan fingerprint density at radius 2 is 1.22 bits per heavy atom. The van der Waals surface area contributed by atoms with Crippen LogP contribution in [0, 0.1) is 0 Å². The number of carboxylic acid groups (broad SMARTS) is 2. The van der Waals surface area contributed by atoms with E-state index in [4.69, 9.17) is 0 Å². The zero-order valence-electron chi connectivity index (χ0n) is 10.6. The maximum atomic E-state index is 10.1. The minimum absolute atomic E-state index is 0. The van der Waals surface area contributed by atoms with Gasteiger partial charge in [-0.05, 0) is 0 Å². The van der Waals surface area contributed by atoms with E-state index in [2.05, 4.69) is 0 Å². The molecule has 4 N–H and O–H groups in total. The molecule has 0 unspecified atom stereocenters. The Kier molecular flexibility index (Phi) is 12.2. The molecule has 2 saturated heterocycles. The fourth-order valence-corrected chi connectivity index (χ4v) is 1.98. The van der Waals surface area contributed by atoms with E-state index in [0.717, 1.165) is 38.8 Å². The van der Waals surface area contributed by atoms with Gasteiger partial charge in [0.05, 0.1) is 25.0 Å². The third-order valence-electron chi connectivity index (χ3n) is 2.95. The van der Waals surface area contributed by atoms with Crippen molar-refractivity contribution in [3.63, 3.8) is 0 Å². The minimum Gasteiger partial charge on any atom is -1.00 e. The molecule has 0 bridgehead atoms. The summed E-state index contributed by atoms with van der Waals surface area (Å²) in [5.74, 6) is -1.83.